The molecule has 0 aromatic carbocycles. The zero-order valence-electron chi connectivity index (χ0n) is 16.9. The summed E-state index contributed by atoms with van der Waals surface area (Å²) in [7, 11) is -1.92. The highest BCUT2D eigenvalue weighted by atomic mass is 32.2. The van der Waals surface area contributed by atoms with Gasteiger partial charge in [0.2, 0.25) is 11.8 Å². The van der Waals surface area contributed by atoms with E-state index >= 15 is 0 Å². The number of imidazole rings is 1. The number of nitrogens with one attached hydrogen (secondary N) is 1. The number of primary amides is 1. The van der Waals surface area contributed by atoms with Gasteiger partial charge in [-0.15, -0.1) is 11.8 Å². The summed E-state index contributed by atoms with van der Waals surface area (Å²) < 4.78 is 29.4. The number of thiazole rings is 1. The second-order valence-corrected chi connectivity index (χ2v) is 11.2. The first-order valence-corrected chi connectivity index (χ1v) is 12.5. The van der Waals surface area contributed by atoms with E-state index < -0.39 is 15.9 Å². The Hall–Kier alpha value is -1.96. The first-order chi connectivity index (χ1) is 14.1. The van der Waals surface area contributed by atoms with Gasteiger partial charge < -0.3 is 15.6 Å². The van der Waals surface area contributed by atoms with Crippen LogP contribution in [0.4, 0.5) is 5.13 Å². The molecule has 3 N–H and O–H groups in total. The van der Waals surface area contributed by atoms with Crippen LogP contribution in [-0.4, -0.2) is 57.9 Å². The van der Waals surface area contributed by atoms with Crippen molar-refractivity contribution in [3.8, 4) is 0 Å². The summed E-state index contributed by atoms with van der Waals surface area (Å²) >= 11 is 2.59. The Morgan fingerprint density at radius 1 is 1.30 bits per heavy atom. The second kappa shape index (κ2) is 9.04. The quantitative estimate of drug-likeness (QED) is 0.575. The Labute approximate surface area is 183 Å². The smallest absolute Gasteiger partial charge is 0.262 e. The molecule has 0 radical (unpaired) electrons. The Kier molecular flexibility index (Phi) is 6.84. The van der Waals surface area contributed by atoms with Crippen LogP contribution in [0.1, 0.15) is 24.4 Å². The van der Waals surface area contributed by atoms with E-state index in [0.717, 1.165) is 9.90 Å². The average molecular weight is 473 g/mol. The molecule has 10 nitrogen and oxygen atoms in total. The van der Waals surface area contributed by atoms with E-state index in [0.29, 0.717) is 23.8 Å². The maximum Gasteiger partial charge on any atom is 0.262 e. The van der Waals surface area contributed by atoms with E-state index in [4.69, 9.17) is 5.73 Å². The van der Waals surface area contributed by atoms with Crippen molar-refractivity contribution in [1.82, 2.24) is 18.8 Å². The van der Waals surface area contributed by atoms with Crippen LogP contribution in [0.3, 0.4) is 0 Å². The number of hydrogen-bond acceptors (Lipinski definition) is 8. The van der Waals surface area contributed by atoms with Crippen molar-refractivity contribution >= 4 is 50.1 Å². The van der Waals surface area contributed by atoms with E-state index in [9.17, 15) is 18.0 Å². The van der Waals surface area contributed by atoms with Crippen molar-refractivity contribution in [2.45, 2.75) is 35.9 Å². The van der Waals surface area contributed by atoms with Crippen LogP contribution in [0.2, 0.25) is 0 Å². The molecule has 2 aromatic heterocycles. The summed E-state index contributed by atoms with van der Waals surface area (Å²) in [6.07, 6.45) is 2.34. The van der Waals surface area contributed by atoms with E-state index in [-0.39, 0.29) is 35.7 Å². The summed E-state index contributed by atoms with van der Waals surface area (Å²) in [5.41, 5.74) is 5.90. The molecule has 2 amide bonds. The van der Waals surface area contributed by atoms with Gasteiger partial charge in [-0.2, -0.15) is 4.31 Å². The Morgan fingerprint density at radius 2 is 1.97 bits per heavy atom. The standard InChI is InChI=1S/C17H24N6O4S3/c1-10-16(28-9-13(18)24)29-17(19-10)21-15(25)12-4-6-23(7-5-12)30(26,27)14-8-22(3)11(2)20-14/h8,12H,4-7,9H2,1-3H3,(H2,18,24)(H,19,21,25). The average Bonchev–Trinajstić information content (AvgIpc) is 3.22. The number of sulfonamides is 1. The molecule has 0 spiro atoms. The van der Waals surface area contributed by atoms with Gasteiger partial charge in [-0.1, -0.05) is 11.3 Å². The van der Waals surface area contributed by atoms with Crippen molar-refractivity contribution in [2.75, 3.05) is 24.2 Å². The Bertz CT molecular complexity index is 1030. The van der Waals surface area contributed by atoms with Crippen molar-refractivity contribution in [3.05, 3.63) is 17.7 Å². The van der Waals surface area contributed by atoms with Gasteiger partial charge in [0, 0.05) is 32.3 Å². The molecule has 1 aliphatic rings. The molecule has 0 saturated carbocycles. The van der Waals surface area contributed by atoms with Gasteiger partial charge in [0.25, 0.3) is 10.0 Å². The third-order valence-electron chi connectivity index (χ3n) is 4.85. The number of nitrogens with zero attached hydrogens (tertiary/aromatic N) is 4. The summed E-state index contributed by atoms with van der Waals surface area (Å²) in [4.78, 5) is 32.0. The minimum Gasteiger partial charge on any atom is -0.369 e. The Balaban J connectivity index is 1.58. The molecule has 3 heterocycles. The van der Waals surface area contributed by atoms with Gasteiger partial charge in [0.1, 0.15) is 5.82 Å². The fourth-order valence-corrected chi connectivity index (χ4v) is 6.43. The Morgan fingerprint density at radius 3 is 2.53 bits per heavy atom. The fraction of sp³-hybridized carbons (Fsp3) is 0.529. The molecule has 0 aliphatic carbocycles. The third-order valence-corrected chi connectivity index (χ3v) is 9.07. The minimum absolute atomic E-state index is 0.0321. The maximum absolute atomic E-state index is 12.8. The molecule has 1 saturated heterocycles. The third kappa shape index (κ3) is 5.02. The summed E-state index contributed by atoms with van der Waals surface area (Å²) in [5.74, 6) is -0.122. The van der Waals surface area contributed by atoms with Gasteiger partial charge in [0.05, 0.1) is 15.7 Å². The first kappa shape index (κ1) is 22.7. The molecule has 0 atom stereocenters. The van der Waals surface area contributed by atoms with Crippen LogP contribution in [0.5, 0.6) is 0 Å². The molecular formula is C17H24N6O4S3. The number of carbonyl (C=O) groups is 2. The number of rotatable bonds is 7. The van der Waals surface area contributed by atoms with Gasteiger partial charge in [-0.05, 0) is 26.7 Å². The van der Waals surface area contributed by atoms with E-state index in [1.807, 2.05) is 0 Å². The number of aryl methyl sites for hydroxylation is 3. The molecule has 30 heavy (non-hydrogen) atoms. The first-order valence-electron chi connectivity index (χ1n) is 9.27. The number of amides is 2. The summed E-state index contributed by atoms with van der Waals surface area (Å²) in [6, 6.07) is 0. The second-order valence-electron chi connectivity index (χ2n) is 7.05. The lowest BCUT2D eigenvalue weighted by atomic mass is 9.97. The number of carbonyl (C=O) groups excluding carboxylic acids is 2. The molecule has 13 heteroatoms. The molecule has 2 aromatic rings. The maximum atomic E-state index is 12.8. The SMILES string of the molecule is Cc1nc(NC(=O)C2CCN(S(=O)(=O)c3cn(C)c(C)n3)CC2)sc1SCC(N)=O. The number of piperidine rings is 1. The molecule has 3 rings (SSSR count). The van der Waals surface area contributed by atoms with Crippen LogP contribution >= 0.6 is 23.1 Å². The molecule has 164 valence electrons. The van der Waals surface area contributed by atoms with Gasteiger partial charge >= 0.3 is 0 Å². The number of anilines is 1. The van der Waals surface area contributed by atoms with Crippen LogP contribution in [-0.2, 0) is 26.7 Å². The highest BCUT2D eigenvalue weighted by molar-refractivity contribution is 8.01. The van der Waals surface area contributed by atoms with Gasteiger partial charge in [0.15, 0.2) is 10.2 Å². The summed E-state index contributed by atoms with van der Waals surface area (Å²) in [5, 5.41) is 3.31. The van der Waals surface area contributed by atoms with E-state index in [1.54, 1.807) is 25.5 Å². The highest BCUT2D eigenvalue weighted by Gasteiger charge is 2.33. The van der Waals surface area contributed by atoms with Gasteiger partial charge in [-0.3, -0.25) is 9.59 Å². The zero-order valence-corrected chi connectivity index (χ0v) is 19.4. The monoisotopic (exact) mass is 472 g/mol. The molecule has 1 aliphatic heterocycles. The molecular weight excluding hydrogens is 448 g/mol. The van der Waals surface area contributed by atoms with Crippen molar-refractivity contribution < 1.29 is 18.0 Å². The highest BCUT2D eigenvalue weighted by Crippen LogP contribution is 2.32. The van der Waals surface area contributed by atoms with E-state index in [2.05, 4.69) is 15.3 Å². The predicted octanol–water partition coefficient (Wildman–Crippen LogP) is 1.11. The van der Waals surface area contributed by atoms with Crippen molar-refractivity contribution in [2.24, 2.45) is 18.7 Å². The van der Waals surface area contributed by atoms with Gasteiger partial charge in [-0.25, -0.2) is 18.4 Å². The molecule has 0 bridgehead atoms. The number of hydrogen-bond donors (Lipinski definition) is 2. The topological polar surface area (TPSA) is 140 Å². The normalized spacial score (nSPS) is 16.0. The van der Waals surface area contributed by atoms with Crippen molar-refractivity contribution in [1.29, 1.82) is 0 Å². The molecule has 1 fully saturated rings. The van der Waals surface area contributed by atoms with Crippen molar-refractivity contribution in [3.63, 3.8) is 0 Å². The predicted molar refractivity (Wildman–Crippen MR) is 115 cm³/mol. The van der Waals surface area contributed by atoms with E-state index in [1.165, 1.54) is 33.6 Å². The fourth-order valence-electron chi connectivity index (χ4n) is 3.06. The number of aromatic nitrogens is 3. The van der Waals surface area contributed by atoms with Crippen LogP contribution in [0, 0.1) is 19.8 Å². The zero-order chi connectivity index (χ0) is 22.1. The number of thioether (sulfide) groups is 1. The number of nitrogens with two attached hydrogens (primary N) is 1. The lowest BCUT2D eigenvalue weighted by Gasteiger charge is -2.29. The summed E-state index contributed by atoms with van der Waals surface area (Å²) in [6.45, 7) is 4.06. The van der Waals surface area contributed by atoms with Crippen LogP contribution in [0.15, 0.2) is 15.4 Å². The lowest BCUT2D eigenvalue weighted by Crippen LogP contribution is -2.41. The van der Waals surface area contributed by atoms with Crippen LogP contribution < -0.4 is 11.1 Å². The largest absolute Gasteiger partial charge is 0.369 e. The molecule has 0 unspecified atom stereocenters. The van der Waals surface area contributed by atoms with Crippen LogP contribution in [0.25, 0.3) is 0 Å². The lowest BCUT2D eigenvalue weighted by molar-refractivity contribution is -0.121. The minimum atomic E-state index is -3.67.